The highest BCUT2D eigenvalue weighted by Gasteiger charge is 2.19. The lowest BCUT2D eigenvalue weighted by atomic mass is 9.95. The summed E-state index contributed by atoms with van der Waals surface area (Å²) in [6.45, 7) is 0.575. The molecule has 1 N–H and O–H groups in total. The predicted molar refractivity (Wildman–Crippen MR) is 81.8 cm³/mol. The predicted octanol–water partition coefficient (Wildman–Crippen LogP) is 2.81. The van der Waals surface area contributed by atoms with E-state index in [0.29, 0.717) is 29.0 Å². The lowest BCUT2D eigenvalue weighted by Crippen LogP contribution is -2.12. The van der Waals surface area contributed by atoms with Crippen molar-refractivity contribution in [3.63, 3.8) is 0 Å². The Morgan fingerprint density at radius 3 is 2.43 bits per heavy atom. The first-order valence-electron chi connectivity index (χ1n) is 7.18. The molecule has 5 nitrogen and oxygen atoms in total. The van der Waals surface area contributed by atoms with E-state index in [9.17, 15) is 14.9 Å². The minimum atomic E-state index is -1.04. The third-order valence-electron chi connectivity index (χ3n) is 3.78. The molecule has 1 aliphatic heterocycles. The molecule has 0 aromatic heterocycles. The number of rotatable bonds is 3. The summed E-state index contributed by atoms with van der Waals surface area (Å²) in [5, 5.41) is 18.2. The van der Waals surface area contributed by atoms with Gasteiger partial charge in [-0.15, -0.1) is 0 Å². The Hall–Kier alpha value is -3.13. The average molecular weight is 307 g/mol. The summed E-state index contributed by atoms with van der Waals surface area (Å²) in [6, 6.07) is 11.1. The topological polar surface area (TPSA) is 87.4 Å². The molecule has 1 heterocycles. The third-order valence-corrected chi connectivity index (χ3v) is 3.78. The molecule has 0 fully saturated rings. The van der Waals surface area contributed by atoms with Crippen molar-refractivity contribution in [2.75, 3.05) is 6.61 Å². The van der Waals surface area contributed by atoms with Crippen LogP contribution in [0.5, 0.6) is 5.75 Å². The average Bonchev–Trinajstić information content (AvgIpc) is 2.60. The maximum absolute atomic E-state index is 12.6. The lowest BCUT2D eigenvalue weighted by Gasteiger charge is -2.19. The molecule has 0 aliphatic carbocycles. The number of carbonyl (C=O) groups is 2. The largest absolute Gasteiger partial charge is 0.492 e. The van der Waals surface area contributed by atoms with Crippen molar-refractivity contribution in [1.82, 2.24) is 0 Å². The van der Waals surface area contributed by atoms with Crippen molar-refractivity contribution < 1.29 is 19.4 Å². The van der Waals surface area contributed by atoms with Gasteiger partial charge in [-0.2, -0.15) is 5.26 Å². The van der Waals surface area contributed by atoms with E-state index in [2.05, 4.69) is 6.07 Å². The van der Waals surface area contributed by atoms with E-state index >= 15 is 0 Å². The normalized spacial score (nSPS) is 12.7. The van der Waals surface area contributed by atoms with Crippen molar-refractivity contribution in [2.24, 2.45) is 0 Å². The second-order valence-corrected chi connectivity index (χ2v) is 5.29. The number of aromatic carboxylic acids is 1. The van der Waals surface area contributed by atoms with Crippen molar-refractivity contribution in [3.05, 3.63) is 64.2 Å². The van der Waals surface area contributed by atoms with Crippen LogP contribution < -0.4 is 4.74 Å². The van der Waals surface area contributed by atoms with Crippen LogP contribution in [0.4, 0.5) is 0 Å². The molecule has 2 aromatic rings. The molecule has 0 atom stereocenters. The molecule has 23 heavy (non-hydrogen) atoms. The zero-order chi connectivity index (χ0) is 16.4. The van der Waals surface area contributed by atoms with E-state index in [0.717, 1.165) is 18.4 Å². The monoisotopic (exact) mass is 307 g/mol. The number of carboxylic acids is 1. The van der Waals surface area contributed by atoms with Crippen LogP contribution in [0.2, 0.25) is 0 Å². The van der Waals surface area contributed by atoms with E-state index in [1.165, 1.54) is 30.3 Å². The summed E-state index contributed by atoms with van der Waals surface area (Å²) in [5.74, 6) is -0.718. The Labute approximate surface area is 132 Å². The number of aryl methyl sites for hydroxylation is 1. The molecule has 5 heteroatoms. The van der Waals surface area contributed by atoms with Crippen LogP contribution in [-0.2, 0) is 6.42 Å². The summed E-state index contributed by atoms with van der Waals surface area (Å²) in [4.78, 5) is 23.4. The van der Waals surface area contributed by atoms with Crippen molar-refractivity contribution in [3.8, 4) is 11.8 Å². The SMILES string of the molecule is N#Cc1cc(C(=O)c2ccc(C(=O)O)cc2)cc2c1OCCC2. The molecule has 0 amide bonds. The van der Waals surface area contributed by atoms with E-state index in [4.69, 9.17) is 9.84 Å². The van der Waals surface area contributed by atoms with Crippen LogP contribution in [0.3, 0.4) is 0 Å². The molecule has 0 unspecified atom stereocenters. The molecular formula is C18H13NO4. The summed E-state index contributed by atoms with van der Waals surface area (Å²) < 4.78 is 5.53. The standard InChI is InChI=1S/C18H13NO4/c19-10-15-9-14(8-13-2-1-7-23-17(13)15)16(20)11-3-5-12(6-4-11)18(21)22/h3-6,8-9H,1-2,7H2,(H,21,22). The Morgan fingerprint density at radius 1 is 1.09 bits per heavy atom. The van der Waals surface area contributed by atoms with Crippen molar-refractivity contribution >= 4 is 11.8 Å². The van der Waals surface area contributed by atoms with E-state index in [1.54, 1.807) is 6.07 Å². The Bertz CT molecular complexity index is 831. The van der Waals surface area contributed by atoms with Crippen LogP contribution >= 0.6 is 0 Å². The van der Waals surface area contributed by atoms with Gasteiger partial charge >= 0.3 is 5.97 Å². The van der Waals surface area contributed by atoms with Crippen LogP contribution in [0.25, 0.3) is 0 Å². The second-order valence-electron chi connectivity index (χ2n) is 5.29. The summed E-state index contributed by atoms with van der Waals surface area (Å²) in [6.07, 6.45) is 1.62. The number of nitriles is 1. The Morgan fingerprint density at radius 2 is 1.78 bits per heavy atom. The molecule has 1 aliphatic rings. The van der Waals surface area contributed by atoms with Gasteiger partial charge in [-0.05, 0) is 42.7 Å². The van der Waals surface area contributed by atoms with Gasteiger partial charge in [-0.25, -0.2) is 4.79 Å². The first kappa shape index (κ1) is 14.8. The number of hydrogen-bond donors (Lipinski definition) is 1. The number of hydrogen-bond acceptors (Lipinski definition) is 4. The highest BCUT2D eigenvalue weighted by atomic mass is 16.5. The Kier molecular flexibility index (Phi) is 3.82. The molecule has 3 rings (SSSR count). The number of carbonyl (C=O) groups excluding carboxylic acids is 1. The fraction of sp³-hybridized carbons (Fsp3) is 0.167. The zero-order valence-electron chi connectivity index (χ0n) is 12.2. The van der Waals surface area contributed by atoms with Gasteiger partial charge in [0, 0.05) is 11.1 Å². The molecule has 2 aromatic carbocycles. The van der Waals surface area contributed by atoms with Crippen LogP contribution in [0.1, 0.15) is 43.8 Å². The number of fused-ring (bicyclic) bond motifs is 1. The number of benzene rings is 2. The molecular weight excluding hydrogens is 294 g/mol. The maximum Gasteiger partial charge on any atom is 0.335 e. The maximum atomic E-state index is 12.6. The minimum absolute atomic E-state index is 0.123. The van der Waals surface area contributed by atoms with Gasteiger partial charge in [0.25, 0.3) is 0 Å². The van der Waals surface area contributed by atoms with Gasteiger partial charge in [0.1, 0.15) is 11.8 Å². The van der Waals surface area contributed by atoms with E-state index < -0.39 is 5.97 Å². The fourth-order valence-corrected chi connectivity index (χ4v) is 2.63. The second kappa shape index (κ2) is 5.93. The van der Waals surface area contributed by atoms with Gasteiger partial charge < -0.3 is 9.84 Å². The third kappa shape index (κ3) is 2.79. The summed E-state index contributed by atoms with van der Waals surface area (Å²) in [7, 11) is 0. The van der Waals surface area contributed by atoms with Gasteiger partial charge in [0.2, 0.25) is 0 Å². The van der Waals surface area contributed by atoms with Crippen LogP contribution in [0.15, 0.2) is 36.4 Å². The summed E-state index contributed by atoms with van der Waals surface area (Å²) >= 11 is 0. The number of ketones is 1. The molecule has 114 valence electrons. The smallest absolute Gasteiger partial charge is 0.335 e. The first-order valence-corrected chi connectivity index (χ1v) is 7.18. The van der Waals surface area contributed by atoms with E-state index in [1.807, 2.05) is 0 Å². The molecule has 0 saturated heterocycles. The molecule has 0 bridgehead atoms. The first-order chi connectivity index (χ1) is 11.1. The highest BCUT2D eigenvalue weighted by molar-refractivity contribution is 6.09. The number of carboxylic acid groups (broad SMARTS) is 1. The Balaban J connectivity index is 1.99. The molecule has 0 radical (unpaired) electrons. The van der Waals surface area contributed by atoms with Crippen LogP contribution in [0, 0.1) is 11.3 Å². The van der Waals surface area contributed by atoms with Gasteiger partial charge in [0.05, 0.1) is 17.7 Å². The minimum Gasteiger partial charge on any atom is -0.492 e. The van der Waals surface area contributed by atoms with Gasteiger partial charge in [0.15, 0.2) is 5.78 Å². The van der Waals surface area contributed by atoms with Crippen molar-refractivity contribution in [2.45, 2.75) is 12.8 Å². The zero-order valence-corrected chi connectivity index (χ0v) is 12.2. The molecule has 0 spiro atoms. The highest BCUT2D eigenvalue weighted by Crippen LogP contribution is 2.30. The fourth-order valence-electron chi connectivity index (χ4n) is 2.63. The van der Waals surface area contributed by atoms with Gasteiger partial charge in [-0.3, -0.25) is 4.79 Å². The van der Waals surface area contributed by atoms with Gasteiger partial charge in [-0.1, -0.05) is 12.1 Å². The molecule has 0 saturated carbocycles. The summed E-state index contributed by atoms with van der Waals surface area (Å²) in [5.41, 5.74) is 2.14. The lowest BCUT2D eigenvalue weighted by molar-refractivity contribution is 0.0696. The van der Waals surface area contributed by atoms with Crippen LogP contribution in [-0.4, -0.2) is 23.5 Å². The number of ether oxygens (including phenoxy) is 1. The number of nitrogens with zero attached hydrogens (tertiary/aromatic N) is 1. The quantitative estimate of drug-likeness (QED) is 0.881. The van der Waals surface area contributed by atoms with Crippen molar-refractivity contribution in [1.29, 1.82) is 5.26 Å². The van der Waals surface area contributed by atoms with E-state index in [-0.39, 0.29) is 11.3 Å².